The van der Waals surface area contributed by atoms with Gasteiger partial charge in [0.25, 0.3) is 0 Å². The molecule has 7 nitrogen and oxygen atoms in total. The second-order valence-corrected chi connectivity index (χ2v) is 10.5. The van der Waals surface area contributed by atoms with E-state index in [1.165, 1.54) is 0 Å². The van der Waals surface area contributed by atoms with Crippen LogP contribution in [0.5, 0.6) is 0 Å². The molecule has 30 heavy (non-hydrogen) atoms. The van der Waals surface area contributed by atoms with Crippen molar-refractivity contribution < 1.29 is 8.42 Å². The highest BCUT2D eigenvalue weighted by Crippen LogP contribution is 2.21. The molecule has 2 heterocycles. The molecule has 0 bridgehead atoms. The monoisotopic (exact) mass is 435 g/mol. The first-order valence-electron chi connectivity index (χ1n) is 11.2. The second-order valence-electron chi connectivity index (χ2n) is 8.59. The number of guanidine groups is 1. The first-order valence-corrected chi connectivity index (χ1v) is 12.6. The molecule has 168 valence electrons. The summed E-state index contributed by atoms with van der Waals surface area (Å²) in [5, 5.41) is 6.86. The molecule has 1 aromatic carbocycles. The fraction of sp³-hybridized carbons (Fsp3) is 0.682. The van der Waals surface area contributed by atoms with Gasteiger partial charge in [0.05, 0.1) is 4.90 Å². The van der Waals surface area contributed by atoms with Crippen molar-refractivity contribution in [3.63, 3.8) is 0 Å². The number of hydrogen-bond acceptors (Lipinski definition) is 4. The Morgan fingerprint density at radius 2 is 1.83 bits per heavy atom. The van der Waals surface area contributed by atoms with E-state index < -0.39 is 10.0 Å². The van der Waals surface area contributed by atoms with Crippen molar-refractivity contribution in [2.45, 2.75) is 69.5 Å². The molecule has 0 spiro atoms. The average Bonchev–Trinajstić information content (AvgIpc) is 2.77. The summed E-state index contributed by atoms with van der Waals surface area (Å²) in [7, 11) is -1.64. The van der Waals surface area contributed by atoms with E-state index >= 15 is 0 Å². The van der Waals surface area contributed by atoms with E-state index in [4.69, 9.17) is 0 Å². The van der Waals surface area contributed by atoms with E-state index in [1.54, 1.807) is 23.5 Å². The maximum absolute atomic E-state index is 12.9. The van der Waals surface area contributed by atoms with Crippen LogP contribution in [0.2, 0.25) is 0 Å². The molecule has 2 N–H and O–H groups in total. The Morgan fingerprint density at radius 1 is 1.13 bits per heavy atom. The Kier molecular flexibility index (Phi) is 8.13. The van der Waals surface area contributed by atoms with Crippen LogP contribution in [0.4, 0.5) is 0 Å². The Hall–Kier alpha value is -1.64. The SMILES string of the molecule is CN=C(NCc1cccc(S(=O)(=O)N2CCCCC2)c1)NC1CCN(C(C)C)CC1. The van der Waals surface area contributed by atoms with Crippen LogP contribution in [0.1, 0.15) is 51.5 Å². The summed E-state index contributed by atoms with van der Waals surface area (Å²) in [6, 6.07) is 8.27. The zero-order valence-electron chi connectivity index (χ0n) is 18.6. The van der Waals surface area contributed by atoms with Gasteiger partial charge in [-0.1, -0.05) is 18.6 Å². The number of nitrogens with zero attached hydrogens (tertiary/aromatic N) is 3. The van der Waals surface area contributed by atoms with Gasteiger partial charge in [0, 0.05) is 51.9 Å². The minimum Gasteiger partial charge on any atom is -0.354 e. The van der Waals surface area contributed by atoms with Crippen LogP contribution in [0.3, 0.4) is 0 Å². The standard InChI is InChI=1S/C22H37N5O2S/c1-18(2)26-14-10-20(11-15-26)25-22(23-3)24-17-19-8-7-9-21(16-19)30(28,29)27-12-5-4-6-13-27/h7-9,16,18,20H,4-6,10-15,17H2,1-3H3,(H2,23,24,25). The largest absolute Gasteiger partial charge is 0.354 e. The molecule has 8 heteroatoms. The average molecular weight is 436 g/mol. The molecule has 0 radical (unpaired) electrons. The third-order valence-electron chi connectivity index (χ3n) is 6.14. The predicted molar refractivity (Wildman–Crippen MR) is 122 cm³/mol. The van der Waals surface area contributed by atoms with Gasteiger partial charge in [-0.25, -0.2) is 8.42 Å². The van der Waals surface area contributed by atoms with Gasteiger partial charge in [-0.3, -0.25) is 4.99 Å². The third kappa shape index (κ3) is 5.95. The molecule has 2 aliphatic heterocycles. The van der Waals surface area contributed by atoms with E-state index in [0.717, 1.165) is 56.7 Å². The van der Waals surface area contributed by atoms with Crippen molar-refractivity contribution in [1.29, 1.82) is 0 Å². The molecule has 0 atom stereocenters. The van der Waals surface area contributed by atoms with Crippen LogP contribution in [-0.4, -0.2) is 68.9 Å². The predicted octanol–water partition coefficient (Wildman–Crippen LogP) is 2.40. The summed E-state index contributed by atoms with van der Waals surface area (Å²) in [5.74, 6) is 0.766. The van der Waals surface area contributed by atoms with Crippen LogP contribution in [0, 0.1) is 0 Å². The summed E-state index contributed by atoms with van der Waals surface area (Å²) >= 11 is 0. The zero-order chi connectivity index (χ0) is 21.6. The highest BCUT2D eigenvalue weighted by molar-refractivity contribution is 7.89. The highest BCUT2D eigenvalue weighted by Gasteiger charge is 2.26. The van der Waals surface area contributed by atoms with Crippen LogP contribution < -0.4 is 10.6 Å². The number of aliphatic imine (C=N–C) groups is 1. The molecule has 0 unspecified atom stereocenters. The Morgan fingerprint density at radius 3 is 2.47 bits per heavy atom. The van der Waals surface area contributed by atoms with Crippen LogP contribution in [0.15, 0.2) is 34.2 Å². The summed E-state index contributed by atoms with van der Waals surface area (Å²) in [6.45, 7) is 8.47. The molecule has 2 saturated heterocycles. The second kappa shape index (κ2) is 10.6. The summed E-state index contributed by atoms with van der Waals surface area (Å²) < 4.78 is 27.5. The van der Waals surface area contributed by atoms with Crippen LogP contribution >= 0.6 is 0 Å². The highest BCUT2D eigenvalue weighted by atomic mass is 32.2. The lowest BCUT2D eigenvalue weighted by Crippen LogP contribution is -2.49. The molecule has 2 fully saturated rings. The number of benzene rings is 1. The Balaban J connectivity index is 1.55. The molecular formula is C22H37N5O2S. The molecule has 3 rings (SSSR count). The minimum atomic E-state index is -3.41. The van der Waals surface area contributed by atoms with Crippen molar-refractivity contribution in [3.8, 4) is 0 Å². The topological polar surface area (TPSA) is 77.0 Å². The van der Waals surface area contributed by atoms with E-state index in [-0.39, 0.29) is 0 Å². The molecule has 0 aromatic heterocycles. The third-order valence-corrected chi connectivity index (χ3v) is 8.03. The summed E-state index contributed by atoms with van der Waals surface area (Å²) in [5.41, 5.74) is 0.936. The zero-order valence-corrected chi connectivity index (χ0v) is 19.4. The van der Waals surface area contributed by atoms with Gasteiger partial charge in [-0.15, -0.1) is 0 Å². The minimum absolute atomic E-state index is 0.382. The van der Waals surface area contributed by atoms with Crippen molar-refractivity contribution in [2.75, 3.05) is 33.2 Å². The van der Waals surface area contributed by atoms with Gasteiger partial charge in [0.1, 0.15) is 0 Å². The Bertz CT molecular complexity index is 811. The molecule has 0 aliphatic carbocycles. The van der Waals surface area contributed by atoms with E-state index in [0.29, 0.717) is 36.6 Å². The van der Waals surface area contributed by atoms with Crippen molar-refractivity contribution >= 4 is 16.0 Å². The fourth-order valence-electron chi connectivity index (χ4n) is 4.20. The van der Waals surface area contributed by atoms with Gasteiger partial charge < -0.3 is 15.5 Å². The molecule has 0 saturated carbocycles. The molecule has 1 aromatic rings. The van der Waals surface area contributed by atoms with Crippen molar-refractivity contribution in [1.82, 2.24) is 19.8 Å². The number of nitrogens with one attached hydrogen (secondary N) is 2. The van der Waals surface area contributed by atoms with Crippen LogP contribution in [-0.2, 0) is 16.6 Å². The number of rotatable bonds is 6. The molecular weight excluding hydrogens is 398 g/mol. The number of sulfonamides is 1. The Labute approximate surface area is 182 Å². The first kappa shape index (κ1) is 23.0. The summed E-state index contributed by atoms with van der Waals surface area (Å²) in [6.07, 6.45) is 5.20. The summed E-state index contributed by atoms with van der Waals surface area (Å²) in [4.78, 5) is 7.24. The van der Waals surface area contributed by atoms with Crippen molar-refractivity contribution in [2.24, 2.45) is 4.99 Å². The fourth-order valence-corrected chi connectivity index (χ4v) is 5.79. The maximum Gasteiger partial charge on any atom is 0.243 e. The number of likely N-dealkylation sites (tertiary alicyclic amines) is 1. The van der Waals surface area contributed by atoms with Gasteiger partial charge in [0.2, 0.25) is 10.0 Å². The lowest BCUT2D eigenvalue weighted by Gasteiger charge is -2.35. The van der Waals surface area contributed by atoms with Gasteiger partial charge >= 0.3 is 0 Å². The lowest BCUT2D eigenvalue weighted by molar-refractivity contribution is 0.167. The van der Waals surface area contributed by atoms with Gasteiger partial charge in [-0.2, -0.15) is 4.31 Å². The van der Waals surface area contributed by atoms with E-state index in [1.807, 2.05) is 12.1 Å². The molecule has 2 aliphatic rings. The van der Waals surface area contributed by atoms with E-state index in [9.17, 15) is 8.42 Å². The van der Waals surface area contributed by atoms with Crippen molar-refractivity contribution in [3.05, 3.63) is 29.8 Å². The maximum atomic E-state index is 12.9. The van der Waals surface area contributed by atoms with E-state index in [2.05, 4.69) is 34.4 Å². The number of hydrogen-bond donors (Lipinski definition) is 2. The molecule has 0 amide bonds. The first-order chi connectivity index (χ1) is 14.4. The van der Waals surface area contributed by atoms with Gasteiger partial charge in [0.15, 0.2) is 5.96 Å². The normalized spacial score (nSPS) is 20.5. The smallest absolute Gasteiger partial charge is 0.243 e. The quantitative estimate of drug-likeness (QED) is 0.530. The van der Waals surface area contributed by atoms with Crippen LogP contribution in [0.25, 0.3) is 0 Å². The number of piperidine rings is 2. The lowest BCUT2D eigenvalue weighted by atomic mass is 10.0. The van der Waals surface area contributed by atoms with Gasteiger partial charge in [-0.05, 0) is 57.2 Å².